The zero-order chi connectivity index (χ0) is 15.8. The number of rotatable bonds is 6. The lowest BCUT2D eigenvalue weighted by Gasteiger charge is -2.12. The van der Waals surface area contributed by atoms with E-state index in [1.165, 1.54) is 5.56 Å². The Hall–Kier alpha value is -2.33. The fraction of sp³-hybridized carbons (Fsp3) is 0.278. The summed E-state index contributed by atoms with van der Waals surface area (Å²) in [6.45, 7) is 2.95. The Morgan fingerprint density at radius 2 is 1.73 bits per heavy atom. The smallest absolute Gasteiger partial charge is 0.315 e. The molecule has 0 aromatic heterocycles. The summed E-state index contributed by atoms with van der Waals surface area (Å²) in [4.78, 5) is 11.7. The van der Waals surface area contributed by atoms with Gasteiger partial charge in [0.15, 0.2) is 0 Å². The zero-order valence-electron chi connectivity index (χ0n) is 12.8. The molecule has 3 N–H and O–H groups in total. The Bertz CT molecular complexity index is 582. The predicted molar refractivity (Wildman–Crippen MR) is 87.4 cm³/mol. The van der Waals surface area contributed by atoms with Crippen LogP contribution in [0.5, 0.6) is 0 Å². The monoisotopic (exact) mass is 298 g/mol. The van der Waals surface area contributed by atoms with Crippen molar-refractivity contribution < 1.29 is 9.90 Å². The number of aliphatic hydroxyl groups is 1. The number of urea groups is 1. The first kappa shape index (κ1) is 16.0. The van der Waals surface area contributed by atoms with Gasteiger partial charge in [-0.05, 0) is 24.5 Å². The Labute approximate surface area is 131 Å². The summed E-state index contributed by atoms with van der Waals surface area (Å²) in [7, 11) is 0. The highest BCUT2D eigenvalue weighted by Crippen LogP contribution is 2.14. The lowest BCUT2D eigenvalue weighted by atomic mass is 10.1. The van der Waals surface area contributed by atoms with Crippen molar-refractivity contribution in [1.82, 2.24) is 10.6 Å². The number of hydrogen-bond donors (Lipinski definition) is 3. The molecule has 0 bridgehead atoms. The molecule has 2 amide bonds. The third kappa shape index (κ3) is 5.22. The molecule has 0 saturated carbocycles. The molecule has 0 aliphatic heterocycles. The number of nitrogens with one attached hydrogen (secondary N) is 2. The summed E-state index contributed by atoms with van der Waals surface area (Å²) in [6.07, 6.45) is -0.0688. The number of carbonyl (C=O) groups excluding carboxylic acids is 1. The molecule has 2 rings (SSSR count). The van der Waals surface area contributed by atoms with Gasteiger partial charge in [-0.2, -0.15) is 0 Å². The average Bonchev–Trinajstić information content (AvgIpc) is 2.55. The van der Waals surface area contributed by atoms with Crippen LogP contribution in [0, 0.1) is 6.92 Å². The molecule has 0 aliphatic rings. The quantitative estimate of drug-likeness (QED) is 0.768. The van der Waals surface area contributed by atoms with Gasteiger partial charge in [-0.1, -0.05) is 60.2 Å². The average molecular weight is 298 g/mol. The van der Waals surface area contributed by atoms with Crippen LogP contribution in [0.25, 0.3) is 0 Å². The molecule has 22 heavy (non-hydrogen) atoms. The third-order valence-electron chi connectivity index (χ3n) is 3.46. The van der Waals surface area contributed by atoms with Crippen LogP contribution < -0.4 is 10.6 Å². The molecule has 0 radical (unpaired) electrons. The molecule has 2 aromatic rings. The summed E-state index contributed by atoms with van der Waals surface area (Å²) in [5, 5.41) is 15.6. The fourth-order valence-electron chi connectivity index (χ4n) is 2.12. The van der Waals surface area contributed by atoms with E-state index >= 15 is 0 Å². The molecule has 0 saturated heterocycles. The first-order valence-corrected chi connectivity index (χ1v) is 7.45. The standard InChI is InChI=1S/C18H22N2O2/c1-14-7-9-15(10-8-14)13-20-18(22)19-12-11-17(21)16-5-3-2-4-6-16/h2-10,17,21H,11-13H2,1H3,(H2,19,20,22). The molecule has 116 valence electrons. The minimum absolute atomic E-state index is 0.221. The van der Waals surface area contributed by atoms with E-state index in [1.807, 2.05) is 61.5 Å². The molecule has 1 unspecified atom stereocenters. The zero-order valence-corrected chi connectivity index (χ0v) is 12.8. The largest absolute Gasteiger partial charge is 0.388 e. The summed E-state index contributed by atoms with van der Waals surface area (Å²) in [6, 6.07) is 17.2. The van der Waals surface area contributed by atoms with Crippen molar-refractivity contribution in [2.24, 2.45) is 0 Å². The second-order valence-electron chi connectivity index (χ2n) is 5.31. The van der Waals surface area contributed by atoms with Crippen LogP contribution in [-0.4, -0.2) is 17.7 Å². The topological polar surface area (TPSA) is 61.4 Å². The molecule has 2 aromatic carbocycles. The second-order valence-corrected chi connectivity index (χ2v) is 5.31. The molecule has 4 nitrogen and oxygen atoms in total. The van der Waals surface area contributed by atoms with Crippen LogP contribution in [0.1, 0.15) is 29.2 Å². The van der Waals surface area contributed by atoms with Crippen molar-refractivity contribution in [3.8, 4) is 0 Å². The van der Waals surface area contributed by atoms with E-state index in [2.05, 4.69) is 10.6 Å². The first-order chi connectivity index (χ1) is 10.6. The van der Waals surface area contributed by atoms with Crippen LogP contribution in [0.15, 0.2) is 54.6 Å². The summed E-state index contributed by atoms with van der Waals surface area (Å²) in [5.41, 5.74) is 3.12. The van der Waals surface area contributed by atoms with Gasteiger partial charge in [-0.3, -0.25) is 0 Å². The minimum atomic E-state index is -0.557. The summed E-state index contributed by atoms with van der Waals surface area (Å²) in [5.74, 6) is 0. The molecule has 0 fully saturated rings. The van der Waals surface area contributed by atoms with Crippen LogP contribution in [0.2, 0.25) is 0 Å². The van der Waals surface area contributed by atoms with E-state index < -0.39 is 6.10 Å². The van der Waals surface area contributed by atoms with Crippen molar-refractivity contribution in [2.75, 3.05) is 6.54 Å². The van der Waals surface area contributed by atoms with Gasteiger partial charge in [0, 0.05) is 13.1 Å². The molecular formula is C18H22N2O2. The summed E-state index contributed by atoms with van der Waals surface area (Å²) < 4.78 is 0. The lowest BCUT2D eigenvalue weighted by molar-refractivity contribution is 0.167. The van der Waals surface area contributed by atoms with Gasteiger partial charge in [-0.15, -0.1) is 0 Å². The summed E-state index contributed by atoms with van der Waals surface area (Å²) >= 11 is 0. The van der Waals surface area contributed by atoms with Crippen LogP contribution >= 0.6 is 0 Å². The maximum atomic E-state index is 11.7. The number of aryl methyl sites for hydroxylation is 1. The van der Waals surface area contributed by atoms with Crippen LogP contribution in [0.4, 0.5) is 4.79 Å². The van der Waals surface area contributed by atoms with Gasteiger partial charge >= 0.3 is 6.03 Å². The number of benzene rings is 2. The number of carbonyl (C=O) groups is 1. The highest BCUT2D eigenvalue weighted by atomic mass is 16.3. The van der Waals surface area contributed by atoms with Crippen LogP contribution in [0.3, 0.4) is 0 Å². The second kappa shape index (κ2) is 8.20. The van der Waals surface area contributed by atoms with E-state index in [-0.39, 0.29) is 6.03 Å². The lowest BCUT2D eigenvalue weighted by Crippen LogP contribution is -2.36. The van der Waals surface area contributed by atoms with Gasteiger partial charge in [0.05, 0.1) is 6.10 Å². The van der Waals surface area contributed by atoms with E-state index in [9.17, 15) is 9.90 Å². The predicted octanol–water partition coefficient (Wildman–Crippen LogP) is 2.92. The van der Waals surface area contributed by atoms with E-state index in [0.29, 0.717) is 19.5 Å². The van der Waals surface area contributed by atoms with Gasteiger partial charge in [0.2, 0.25) is 0 Å². The normalized spacial score (nSPS) is 11.7. The Balaban J connectivity index is 1.66. The van der Waals surface area contributed by atoms with E-state index in [1.54, 1.807) is 0 Å². The maximum absolute atomic E-state index is 11.7. The maximum Gasteiger partial charge on any atom is 0.315 e. The third-order valence-corrected chi connectivity index (χ3v) is 3.46. The van der Waals surface area contributed by atoms with E-state index in [4.69, 9.17) is 0 Å². The molecule has 1 atom stereocenters. The molecule has 0 aliphatic carbocycles. The van der Waals surface area contributed by atoms with Crippen molar-refractivity contribution in [1.29, 1.82) is 0 Å². The van der Waals surface area contributed by atoms with Crippen molar-refractivity contribution in [3.05, 3.63) is 71.3 Å². The first-order valence-electron chi connectivity index (χ1n) is 7.45. The number of aliphatic hydroxyl groups excluding tert-OH is 1. The van der Waals surface area contributed by atoms with Gasteiger partial charge in [-0.25, -0.2) is 4.79 Å². The van der Waals surface area contributed by atoms with Gasteiger partial charge in [0.25, 0.3) is 0 Å². The molecule has 0 heterocycles. The Morgan fingerprint density at radius 3 is 2.41 bits per heavy atom. The van der Waals surface area contributed by atoms with Crippen molar-refractivity contribution in [3.63, 3.8) is 0 Å². The number of amides is 2. The highest BCUT2D eigenvalue weighted by Gasteiger charge is 2.07. The highest BCUT2D eigenvalue weighted by molar-refractivity contribution is 5.73. The SMILES string of the molecule is Cc1ccc(CNC(=O)NCCC(O)c2ccccc2)cc1. The molecule has 4 heteroatoms. The van der Waals surface area contributed by atoms with Gasteiger partial charge in [0.1, 0.15) is 0 Å². The van der Waals surface area contributed by atoms with Crippen molar-refractivity contribution >= 4 is 6.03 Å². The Morgan fingerprint density at radius 1 is 1.05 bits per heavy atom. The van der Waals surface area contributed by atoms with Gasteiger partial charge < -0.3 is 15.7 Å². The molecular weight excluding hydrogens is 276 g/mol. The Kier molecular flexibility index (Phi) is 5.98. The van der Waals surface area contributed by atoms with Crippen molar-refractivity contribution in [2.45, 2.75) is 26.0 Å². The minimum Gasteiger partial charge on any atom is -0.388 e. The fourth-order valence-corrected chi connectivity index (χ4v) is 2.12. The van der Waals surface area contributed by atoms with Crippen LogP contribution in [-0.2, 0) is 6.54 Å². The van der Waals surface area contributed by atoms with E-state index in [0.717, 1.165) is 11.1 Å². The number of hydrogen-bond acceptors (Lipinski definition) is 2. The molecule has 0 spiro atoms.